The van der Waals surface area contributed by atoms with Crippen LogP contribution in [0.1, 0.15) is 27.2 Å². The third kappa shape index (κ3) is 2.73. The molecule has 4 atom stereocenters. The Kier molecular flexibility index (Phi) is 4.72. The summed E-state index contributed by atoms with van der Waals surface area (Å²) < 4.78 is 5.50. The second-order valence-electron chi connectivity index (χ2n) is 6.27. The summed E-state index contributed by atoms with van der Waals surface area (Å²) >= 11 is 0. The highest BCUT2D eigenvalue weighted by molar-refractivity contribution is 5.80. The summed E-state index contributed by atoms with van der Waals surface area (Å²) in [4.78, 5) is 14.5. The average Bonchev–Trinajstić information content (AvgIpc) is 2.99. The third-order valence-electron chi connectivity index (χ3n) is 4.70. The first kappa shape index (κ1) is 16.4. The Morgan fingerprint density at radius 3 is 2.71 bits per heavy atom. The van der Waals surface area contributed by atoms with Gasteiger partial charge in [0.15, 0.2) is 5.60 Å². The number of ether oxygens (including phenoxy) is 1. The van der Waals surface area contributed by atoms with Crippen LogP contribution < -0.4 is 0 Å². The van der Waals surface area contributed by atoms with Crippen LogP contribution in [0.25, 0.3) is 0 Å². The highest BCUT2D eigenvalue weighted by Gasteiger charge is 2.49. The highest BCUT2D eigenvalue weighted by atomic mass is 16.6. The molecule has 0 saturated carbocycles. The Labute approximate surface area is 125 Å². The molecule has 0 unspecified atom stereocenters. The van der Waals surface area contributed by atoms with Gasteiger partial charge in [-0.1, -0.05) is 19.9 Å². The van der Waals surface area contributed by atoms with E-state index in [-0.39, 0.29) is 18.8 Å². The van der Waals surface area contributed by atoms with Gasteiger partial charge in [0.05, 0.1) is 18.8 Å². The summed E-state index contributed by atoms with van der Waals surface area (Å²) in [6.07, 6.45) is 1.02. The Hall–Kier alpha value is -0.950. The lowest BCUT2D eigenvalue weighted by atomic mass is 9.85. The molecule has 120 valence electrons. The fraction of sp³-hybridized carbons (Fsp3) is 0.800. The molecule has 1 saturated heterocycles. The maximum Gasteiger partial charge on any atom is 0.341 e. The third-order valence-corrected chi connectivity index (χ3v) is 4.70. The van der Waals surface area contributed by atoms with Gasteiger partial charge in [-0.15, -0.1) is 0 Å². The summed E-state index contributed by atoms with van der Waals surface area (Å²) in [7, 11) is 0. The second kappa shape index (κ2) is 6.04. The molecule has 6 nitrogen and oxygen atoms in total. The van der Waals surface area contributed by atoms with Crippen molar-refractivity contribution in [2.45, 2.75) is 51.0 Å². The lowest BCUT2D eigenvalue weighted by molar-refractivity contribution is -0.190. The zero-order valence-electron chi connectivity index (χ0n) is 12.8. The van der Waals surface area contributed by atoms with E-state index in [2.05, 4.69) is 4.90 Å². The van der Waals surface area contributed by atoms with Gasteiger partial charge in [0.1, 0.15) is 6.10 Å². The molecule has 3 N–H and O–H groups in total. The van der Waals surface area contributed by atoms with E-state index in [1.165, 1.54) is 6.92 Å². The van der Waals surface area contributed by atoms with E-state index in [1.807, 2.05) is 6.08 Å². The minimum Gasteiger partial charge on any atom is -0.458 e. The van der Waals surface area contributed by atoms with Crippen molar-refractivity contribution in [2.24, 2.45) is 5.92 Å². The van der Waals surface area contributed by atoms with Gasteiger partial charge in [-0.25, -0.2) is 4.79 Å². The van der Waals surface area contributed by atoms with Crippen molar-refractivity contribution in [1.29, 1.82) is 0 Å². The smallest absolute Gasteiger partial charge is 0.341 e. The van der Waals surface area contributed by atoms with Crippen LogP contribution in [0.5, 0.6) is 0 Å². The van der Waals surface area contributed by atoms with E-state index in [1.54, 1.807) is 13.8 Å². The Balaban J connectivity index is 2.11. The number of rotatable bonds is 5. The molecule has 6 heteroatoms. The van der Waals surface area contributed by atoms with Crippen molar-refractivity contribution >= 4 is 5.97 Å². The molecule has 2 heterocycles. The molecule has 1 fully saturated rings. The Morgan fingerprint density at radius 2 is 2.19 bits per heavy atom. The number of nitrogens with zero attached hydrogens (tertiary/aromatic N) is 1. The first-order valence-corrected chi connectivity index (χ1v) is 7.47. The van der Waals surface area contributed by atoms with Crippen molar-refractivity contribution in [3.63, 3.8) is 0 Å². The number of hydrogen-bond acceptors (Lipinski definition) is 6. The largest absolute Gasteiger partial charge is 0.458 e. The van der Waals surface area contributed by atoms with Gasteiger partial charge in [0, 0.05) is 13.1 Å². The zero-order chi connectivity index (χ0) is 15.8. The maximum atomic E-state index is 12.4. The van der Waals surface area contributed by atoms with Gasteiger partial charge >= 0.3 is 5.97 Å². The van der Waals surface area contributed by atoms with Crippen LogP contribution in [-0.4, -0.2) is 69.7 Å². The maximum absolute atomic E-state index is 12.4. The van der Waals surface area contributed by atoms with Crippen molar-refractivity contribution in [2.75, 3.05) is 19.7 Å². The number of fused-ring (bicyclic) bond motifs is 1. The zero-order valence-corrected chi connectivity index (χ0v) is 12.8. The molecule has 2 aliphatic rings. The van der Waals surface area contributed by atoms with E-state index in [0.717, 1.165) is 18.7 Å². The predicted molar refractivity (Wildman–Crippen MR) is 76.5 cm³/mol. The molecule has 0 aromatic carbocycles. The monoisotopic (exact) mass is 299 g/mol. The fourth-order valence-corrected chi connectivity index (χ4v) is 3.26. The second-order valence-corrected chi connectivity index (χ2v) is 6.27. The van der Waals surface area contributed by atoms with E-state index in [9.17, 15) is 20.1 Å². The van der Waals surface area contributed by atoms with Gasteiger partial charge < -0.3 is 20.1 Å². The van der Waals surface area contributed by atoms with Crippen LogP contribution in [0.3, 0.4) is 0 Å². The number of carbonyl (C=O) groups excluding carboxylic acids is 1. The first-order chi connectivity index (χ1) is 9.82. The van der Waals surface area contributed by atoms with Crippen LogP contribution in [-0.2, 0) is 9.53 Å². The van der Waals surface area contributed by atoms with Crippen LogP contribution in [0.4, 0.5) is 0 Å². The average molecular weight is 299 g/mol. The number of aliphatic hydroxyl groups is 3. The predicted octanol–water partition coefficient (Wildman–Crippen LogP) is -0.327. The summed E-state index contributed by atoms with van der Waals surface area (Å²) in [6.45, 7) is 6.21. The van der Waals surface area contributed by atoms with Crippen LogP contribution in [0.15, 0.2) is 11.6 Å². The lowest BCUT2D eigenvalue weighted by Crippen LogP contribution is -2.54. The molecule has 2 aliphatic heterocycles. The lowest BCUT2D eigenvalue weighted by Gasteiger charge is -2.34. The van der Waals surface area contributed by atoms with Crippen molar-refractivity contribution in [3.8, 4) is 0 Å². The minimum atomic E-state index is -1.91. The van der Waals surface area contributed by atoms with Crippen molar-refractivity contribution in [3.05, 3.63) is 11.6 Å². The van der Waals surface area contributed by atoms with E-state index in [4.69, 9.17) is 4.74 Å². The van der Waals surface area contributed by atoms with Crippen molar-refractivity contribution in [1.82, 2.24) is 4.90 Å². The number of aliphatic hydroxyl groups excluding tert-OH is 2. The molecular weight excluding hydrogens is 274 g/mol. The summed E-state index contributed by atoms with van der Waals surface area (Å²) in [6, 6.07) is -0.107. The van der Waals surface area contributed by atoms with Crippen molar-refractivity contribution < 1.29 is 24.9 Å². The normalized spacial score (nSPS) is 30.0. The molecule has 0 aromatic rings. The van der Waals surface area contributed by atoms with Gasteiger partial charge in [-0.3, -0.25) is 4.90 Å². The first-order valence-electron chi connectivity index (χ1n) is 7.47. The van der Waals surface area contributed by atoms with Gasteiger partial charge in [-0.05, 0) is 24.8 Å². The molecule has 0 aromatic heterocycles. The molecule has 0 radical (unpaired) electrons. The Morgan fingerprint density at radius 1 is 1.52 bits per heavy atom. The van der Waals surface area contributed by atoms with E-state index in [0.29, 0.717) is 6.42 Å². The molecule has 0 aliphatic carbocycles. The Bertz CT molecular complexity index is 424. The topological polar surface area (TPSA) is 90.2 Å². The minimum absolute atomic E-state index is 0.0555. The summed E-state index contributed by atoms with van der Waals surface area (Å²) in [5.41, 5.74) is -1.05. The van der Waals surface area contributed by atoms with Crippen LogP contribution in [0.2, 0.25) is 0 Å². The van der Waals surface area contributed by atoms with Gasteiger partial charge in [-0.2, -0.15) is 0 Å². The van der Waals surface area contributed by atoms with Crippen LogP contribution in [0, 0.1) is 5.92 Å². The quantitative estimate of drug-likeness (QED) is 0.476. The fourth-order valence-electron chi connectivity index (χ4n) is 3.26. The summed E-state index contributed by atoms with van der Waals surface area (Å²) in [5.74, 6) is -1.25. The molecule has 21 heavy (non-hydrogen) atoms. The highest BCUT2D eigenvalue weighted by Crippen LogP contribution is 2.33. The van der Waals surface area contributed by atoms with E-state index >= 15 is 0 Å². The molecule has 0 bridgehead atoms. The molecule has 0 amide bonds. The SMILES string of the molecule is CC(C)[C@@](O)(C(=O)O[C@@H]1CCN2CC=C(CO)[C@H]12)[C@@H](C)O. The number of esters is 1. The molecule has 0 spiro atoms. The molecule has 2 rings (SSSR count). The van der Waals surface area contributed by atoms with Gasteiger partial charge in [0.2, 0.25) is 0 Å². The number of hydrogen-bond donors (Lipinski definition) is 3. The summed E-state index contributed by atoms with van der Waals surface area (Å²) in [5, 5.41) is 29.6. The number of carbonyl (C=O) groups is 1. The standard InChI is InChI=1S/C15H25NO5/c1-9(2)15(20,10(3)18)14(19)21-12-5-7-16-6-4-11(8-17)13(12)16/h4,9-10,12-13,17-18,20H,5-8H2,1-3H3/t10-,12-,13-,15+/m1/s1. The van der Waals surface area contributed by atoms with Crippen LogP contribution >= 0.6 is 0 Å². The molecular formula is C15H25NO5. The van der Waals surface area contributed by atoms with Gasteiger partial charge in [0.25, 0.3) is 0 Å². The van der Waals surface area contributed by atoms with E-state index < -0.39 is 23.6 Å².